The Bertz CT molecular complexity index is 480. The molecule has 0 saturated carbocycles. The molecular weight excluding hydrogens is 202 g/mol. The molecule has 0 saturated heterocycles. The first-order chi connectivity index (χ1) is 7.58. The van der Waals surface area contributed by atoms with Crippen molar-refractivity contribution in [2.75, 3.05) is 0 Å². The van der Waals surface area contributed by atoms with Gasteiger partial charge in [-0.15, -0.1) is 0 Å². The van der Waals surface area contributed by atoms with Crippen molar-refractivity contribution in [3.8, 4) is 0 Å². The van der Waals surface area contributed by atoms with Gasteiger partial charge < -0.3 is 10.3 Å². The molecule has 2 rings (SSSR count). The van der Waals surface area contributed by atoms with Gasteiger partial charge in [0, 0.05) is 31.0 Å². The van der Waals surface area contributed by atoms with Crippen LogP contribution in [0.15, 0.2) is 18.7 Å². The maximum Gasteiger partial charge on any atom is 0.0951 e. The first-order valence-electron chi connectivity index (χ1n) is 5.32. The molecule has 0 fully saturated rings. The summed E-state index contributed by atoms with van der Waals surface area (Å²) in [7, 11) is 1.93. The van der Waals surface area contributed by atoms with Gasteiger partial charge in [0.2, 0.25) is 0 Å². The molecule has 16 heavy (non-hydrogen) atoms. The number of imidazole rings is 1. The van der Waals surface area contributed by atoms with Crippen LogP contribution >= 0.6 is 0 Å². The van der Waals surface area contributed by atoms with E-state index in [9.17, 15) is 0 Å². The number of aromatic nitrogens is 4. The molecule has 0 aliphatic heterocycles. The molecule has 2 heterocycles. The van der Waals surface area contributed by atoms with Crippen LogP contribution in [0.1, 0.15) is 29.9 Å². The Labute approximate surface area is 94.9 Å². The first kappa shape index (κ1) is 10.9. The standard InChI is InChI=1S/C11H17N5/c1-8(12)11-4-13-7-16(11)6-10-5-15(3)14-9(10)2/h4-5,7-8H,6,12H2,1-3H3/t8-/m0/s1. The largest absolute Gasteiger partial charge is 0.329 e. The predicted octanol–water partition coefficient (Wildman–Crippen LogP) is 0.993. The summed E-state index contributed by atoms with van der Waals surface area (Å²) in [5.41, 5.74) is 9.16. The monoisotopic (exact) mass is 219 g/mol. The fraction of sp³-hybridized carbons (Fsp3) is 0.455. The average Bonchev–Trinajstić information content (AvgIpc) is 2.75. The maximum absolute atomic E-state index is 5.87. The molecule has 0 unspecified atom stereocenters. The molecule has 0 amide bonds. The van der Waals surface area contributed by atoms with E-state index in [4.69, 9.17) is 5.73 Å². The van der Waals surface area contributed by atoms with Gasteiger partial charge in [0.25, 0.3) is 0 Å². The van der Waals surface area contributed by atoms with E-state index < -0.39 is 0 Å². The van der Waals surface area contributed by atoms with E-state index >= 15 is 0 Å². The number of rotatable bonds is 3. The highest BCUT2D eigenvalue weighted by Crippen LogP contribution is 2.13. The lowest BCUT2D eigenvalue weighted by atomic mass is 10.2. The third-order valence-electron chi connectivity index (χ3n) is 2.67. The Morgan fingerprint density at radius 1 is 1.50 bits per heavy atom. The van der Waals surface area contributed by atoms with Gasteiger partial charge in [-0.25, -0.2) is 4.98 Å². The predicted molar refractivity (Wildman–Crippen MR) is 61.9 cm³/mol. The lowest BCUT2D eigenvalue weighted by molar-refractivity contribution is 0.672. The van der Waals surface area contributed by atoms with Crippen molar-refractivity contribution in [1.29, 1.82) is 0 Å². The molecule has 0 radical (unpaired) electrons. The first-order valence-corrected chi connectivity index (χ1v) is 5.32. The Balaban J connectivity index is 2.27. The molecule has 0 aliphatic carbocycles. The zero-order valence-corrected chi connectivity index (χ0v) is 9.88. The summed E-state index contributed by atoms with van der Waals surface area (Å²) in [4.78, 5) is 4.13. The van der Waals surface area contributed by atoms with Gasteiger partial charge in [0.1, 0.15) is 0 Å². The quantitative estimate of drug-likeness (QED) is 0.837. The van der Waals surface area contributed by atoms with Crippen LogP contribution in [0.2, 0.25) is 0 Å². The lowest BCUT2D eigenvalue weighted by Gasteiger charge is -2.09. The van der Waals surface area contributed by atoms with Crippen LogP contribution in [0.4, 0.5) is 0 Å². The zero-order chi connectivity index (χ0) is 11.7. The summed E-state index contributed by atoms with van der Waals surface area (Å²) >= 11 is 0. The molecule has 86 valence electrons. The number of hydrogen-bond donors (Lipinski definition) is 1. The van der Waals surface area contributed by atoms with E-state index in [0.29, 0.717) is 0 Å². The van der Waals surface area contributed by atoms with Crippen LogP contribution in [0.3, 0.4) is 0 Å². The fourth-order valence-electron chi connectivity index (χ4n) is 1.83. The lowest BCUT2D eigenvalue weighted by Crippen LogP contribution is -2.12. The SMILES string of the molecule is Cc1nn(C)cc1Cn1cncc1[C@H](C)N. The summed E-state index contributed by atoms with van der Waals surface area (Å²) in [6.45, 7) is 4.75. The Hall–Kier alpha value is -1.62. The Kier molecular flexibility index (Phi) is 2.78. The summed E-state index contributed by atoms with van der Waals surface area (Å²) in [6, 6.07) is -0.000484. The minimum Gasteiger partial charge on any atom is -0.329 e. The molecule has 0 aromatic carbocycles. The summed E-state index contributed by atoms with van der Waals surface area (Å²) in [5, 5.41) is 4.32. The summed E-state index contributed by atoms with van der Waals surface area (Å²) < 4.78 is 3.89. The van der Waals surface area contributed by atoms with Gasteiger partial charge in [-0.2, -0.15) is 5.10 Å². The highest BCUT2D eigenvalue weighted by molar-refractivity contribution is 5.17. The molecule has 2 N–H and O–H groups in total. The van der Waals surface area contributed by atoms with Crippen molar-refractivity contribution in [2.24, 2.45) is 12.8 Å². The van der Waals surface area contributed by atoms with Crippen molar-refractivity contribution in [3.63, 3.8) is 0 Å². The van der Waals surface area contributed by atoms with Gasteiger partial charge in [-0.1, -0.05) is 0 Å². The van der Waals surface area contributed by atoms with Gasteiger partial charge in [0.05, 0.1) is 24.3 Å². The van der Waals surface area contributed by atoms with Crippen LogP contribution < -0.4 is 5.73 Å². The fourth-order valence-corrected chi connectivity index (χ4v) is 1.83. The molecule has 2 aromatic heterocycles. The highest BCUT2D eigenvalue weighted by Gasteiger charge is 2.09. The molecule has 2 aromatic rings. The number of nitrogens with two attached hydrogens (primary N) is 1. The van der Waals surface area contributed by atoms with Crippen LogP contribution in [-0.2, 0) is 13.6 Å². The second-order valence-electron chi connectivity index (χ2n) is 4.15. The molecule has 5 heteroatoms. The molecule has 0 spiro atoms. The minimum absolute atomic E-state index is 0.000484. The minimum atomic E-state index is -0.000484. The van der Waals surface area contributed by atoms with E-state index in [0.717, 1.165) is 17.9 Å². The van der Waals surface area contributed by atoms with E-state index in [-0.39, 0.29) is 6.04 Å². The number of nitrogens with zero attached hydrogens (tertiary/aromatic N) is 4. The molecule has 0 aliphatic rings. The zero-order valence-electron chi connectivity index (χ0n) is 9.88. The maximum atomic E-state index is 5.87. The summed E-state index contributed by atoms with van der Waals surface area (Å²) in [5.74, 6) is 0. The van der Waals surface area contributed by atoms with E-state index in [2.05, 4.69) is 14.6 Å². The third kappa shape index (κ3) is 1.99. The van der Waals surface area contributed by atoms with Crippen molar-refractivity contribution < 1.29 is 0 Å². The Morgan fingerprint density at radius 2 is 2.25 bits per heavy atom. The van der Waals surface area contributed by atoms with Gasteiger partial charge in [-0.3, -0.25) is 4.68 Å². The highest BCUT2D eigenvalue weighted by atomic mass is 15.3. The molecule has 5 nitrogen and oxygen atoms in total. The van der Waals surface area contributed by atoms with E-state index in [1.54, 1.807) is 0 Å². The van der Waals surface area contributed by atoms with Crippen molar-refractivity contribution in [2.45, 2.75) is 26.4 Å². The van der Waals surface area contributed by atoms with Crippen molar-refractivity contribution in [1.82, 2.24) is 19.3 Å². The second-order valence-corrected chi connectivity index (χ2v) is 4.15. The normalized spacial score (nSPS) is 13.0. The molecular formula is C11H17N5. The Morgan fingerprint density at radius 3 is 2.81 bits per heavy atom. The van der Waals surface area contributed by atoms with Crippen molar-refractivity contribution in [3.05, 3.63) is 35.7 Å². The van der Waals surface area contributed by atoms with Gasteiger partial charge >= 0.3 is 0 Å². The van der Waals surface area contributed by atoms with Crippen LogP contribution in [0, 0.1) is 6.92 Å². The number of hydrogen-bond acceptors (Lipinski definition) is 3. The molecule has 0 bridgehead atoms. The van der Waals surface area contributed by atoms with E-state index in [1.807, 2.05) is 44.3 Å². The summed E-state index contributed by atoms with van der Waals surface area (Å²) in [6.07, 6.45) is 5.65. The van der Waals surface area contributed by atoms with Gasteiger partial charge in [0.15, 0.2) is 0 Å². The van der Waals surface area contributed by atoms with Crippen LogP contribution in [0.25, 0.3) is 0 Å². The third-order valence-corrected chi connectivity index (χ3v) is 2.67. The van der Waals surface area contributed by atoms with Crippen LogP contribution in [-0.4, -0.2) is 19.3 Å². The van der Waals surface area contributed by atoms with E-state index in [1.165, 1.54) is 5.56 Å². The number of aryl methyl sites for hydroxylation is 2. The van der Waals surface area contributed by atoms with Crippen molar-refractivity contribution >= 4 is 0 Å². The second kappa shape index (κ2) is 4.09. The smallest absolute Gasteiger partial charge is 0.0951 e. The van der Waals surface area contributed by atoms with Crippen LogP contribution in [0.5, 0.6) is 0 Å². The topological polar surface area (TPSA) is 61.7 Å². The van der Waals surface area contributed by atoms with Gasteiger partial charge in [-0.05, 0) is 13.8 Å². The molecule has 1 atom stereocenters. The average molecular weight is 219 g/mol.